The maximum Gasteiger partial charge on any atom is 0.418 e. The predicted molar refractivity (Wildman–Crippen MR) is 164 cm³/mol. The van der Waals surface area contributed by atoms with E-state index in [1.54, 1.807) is 24.3 Å². The third-order valence-electron chi connectivity index (χ3n) is 8.49. The van der Waals surface area contributed by atoms with Crippen molar-refractivity contribution < 1.29 is 40.9 Å². The number of benzene rings is 3. The smallest absolute Gasteiger partial charge is 0.379 e. The van der Waals surface area contributed by atoms with E-state index in [9.17, 15) is 32.2 Å². The van der Waals surface area contributed by atoms with E-state index in [0.717, 1.165) is 40.6 Å². The molecular weight excluding hydrogens is 659 g/mol. The summed E-state index contributed by atoms with van der Waals surface area (Å²) in [6, 6.07) is 17.3. The molecule has 0 aliphatic carbocycles. The zero-order chi connectivity index (χ0) is 35.0. The Balaban J connectivity index is 1.14. The first-order valence-corrected chi connectivity index (χ1v) is 14.9. The van der Waals surface area contributed by atoms with Crippen molar-refractivity contribution >= 4 is 11.4 Å². The number of aliphatic hydroxyl groups is 2. The number of anilines is 2. The fourth-order valence-electron chi connectivity index (χ4n) is 5.77. The first-order chi connectivity index (χ1) is 23.3. The second-order valence-corrected chi connectivity index (χ2v) is 11.6. The summed E-state index contributed by atoms with van der Waals surface area (Å²) in [5, 5.41) is 31.1. The van der Waals surface area contributed by atoms with Gasteiger partial charge in [-0.1, -0.05) is 30.3 Å². The van der Waals surface area contributed by atoms with Crippen molar-refractivity contribution in [3.05, 3.63) is 120 Å². The molecule has 0 spiro atoms. The molecule has 2 aromatic heterocycles. The molecule has 0 amide bonds. The highest BCUT2D eigenvalue weighted by atomic mass is 19.4. The van der Waals surface area contributed by atoms with Crippen molar-refractivity contribution in [2.45, 2.75) is 30.3 Å². The maximum absolute atomic E-state index is 16.1. The van der Waals surface area contributed by atoms with Crippen molar-refractivity contribution in [2.75, 3.05) is 36.0 Å². The Labute approximate surface area is 274 Å². The highest BCUT2D eigenvalue weighted by molar-refractivity contribution is 5.66. The Morgan fingerprint density at radius 3 is 1.86 bits per heavy atom. The van der Waals surface area contributed by atoms with Crippen molar-refractivity contribution in [1.29, 1.82) is 0 Å². The first kappa shape index (κ1) is 33.8. The van der Waals surface area contributed by atoms with Gasteiger partial charge in [0, 0.05) is 60.9 Å². The molecule has 1 saturated heterocycles. The highest BCUT2D eigenvalue weighted by Crippen LogP contribution is 2.47. The summed E-state index contributed by atoms with van der Waals surface area (Å²) < 4.78 is 99.8. The number of pyridine rings is 1. The van der Waals surface area contributed by atoms with E-state index in [2.05, 4.69) is 25.4 Å². The van der Waals surface area contributed by atoms with Gasteiger partial charge >= 0.3 is 12.1 Å². The molecule has 16 heteroatoms. The number of alkyl halides is 5. The Morgan fingerprint density at radius 1 is 0.755 bits per heavy atom. The average molecular weight is 688 g/mol. The molecule has 1 aliphatic rings. The number of nitrogens with zero attached hydrogens (tertiary/aromatic N) is 7. The molecule has 1 aliphatic heterocycles. The van der Waals surface area contributed by atoms with E-state index >= 15 is 8.78 Å². The molecule has 3 heterocycles. The summed E-state index contributed by atoms with van der Waals surface area (Å²) in [6.07, 6.45) is -5.10. The Kier molecular flexibility index (Phi) is 9.02. The zero-order valence-corrected chi connectivity index (χ0v) is 25.4. The van der Waals surface area contributed by atoms with Gasteiger partial charge < -0.3 is 20.0 Å². The van der Waals surface area contributed by atoms with E-state index in [0.29, 0.717) is 43.4 Å². The minimum Gasteiger partial charge on any atom is -0.379 e. The number of aromatic nitrogens is 5. The van der Waals surface area contributed by atoms with Gasteiger partial charge in [-0.05, 0) is 64.0 Å². The molecule has 0 bridgehead atoms. The van der Waals surface area contributed by atoms with Gasteiger partial charge in [-0.3, -0.25) is 4.98 Å². The van der Waals surface area contributed by atoms with Crippen LogP contribution in [0.1, 0.15) is 22.9 Å². The fourth-order valence-corrected chi connectivity index (χ4v) is 5.77. The molecule has 0 radical (unpaired) electrons. The molecule has 1 fully saturated rings. The second-order valence-electron chi connectivity index (χ2n) is 11.6. The molecular formula is C33H28F7N7O2. The largest absolute Gasteiger partial charge is 0.418 e. The lowest BCUT2D eigenvalue weighted by atomic mass is 9.84. The van der Waals surface area contributed by atoms with Crippen LogP contribution in [0.3, 0.4) is 0 Å². The van der Waals surface area contributed by atoms with Crippen LogP contribution in [0, 0.1) is 11.6 Å². The van der Waals surface area contributed by atoms with Crippen molar-refractivity contribution in [2.24, 2.45) is 0 Å². The van der Waals surface area contributed by atoms with Crippen LogP contribution in [0.15, 0.2) is 91.4 Å². The zero-order valence-electron chi connectivity index (χ0n) is 25.4. The van der Waals surface area contributed by atoms with E-state index in [1.165, 1.54) is 24.4 Å². The van der Waals surface area contributed by atoms with Gasteiger partial charge in [0.2, 0.25) is 0 Å². The van der Waals surface area contributed by atoms with Crippen LogP contribution in [-0.2, 0) is 18.1 Å². The summed E-state index contributed by atoms with van der Waals surface area (Å²) in [4.78, 5) is 8.08. The quantitative estimate of drug-likeness (QED) is 0.193. The number of halogens is 7. The second kappa shape index (κ2) is 13.1. The van der Waals surface area contributed by atoms with Gasteiger partial charge in [0.15, 0.2) is 11.7 Å². The third kappa shape index (κ3) is 6.78. The minimum atomic E-state index is -4.74. The fraction of sp³-hybridized carbons (Fsp3) is 0.273. The van der Waals surface area contributed by atoms with E-state index in [4.69, 9.17) is 0 Å². The van der Waals surface area contributed by atoms with Crippen LogP contribution in [-0.4, -0.2) is 67.8 Å². The van der Waals surface area contributed by atoms with Crippen LogP contribution < -0.4 is 9.80 Å². The van der Waals surface area contributed by atoms with Gasteiger partial charge in [0.1, 0.15) is 23.7 Å². The lowest BCUT2D eigenvalue weighted by Crippen LogP contribution is -2.48. The summed E-state index contributed by atoms with van der Waals surface area (Å²) >= 11 is 0. The van der Waals surface area contributed by atoms with Crippen LogP contribution >= 0.6 is 0 Å². The Hall–Kier alpha value is -5.09. The maximum atomic E-state index is 16.1. The third-order valence-corrected chi connectivity index (χ3v) is 8.49. The van der Waals surface area contributed by atoms with Crippen molar-refractivity contribution in [3.8, 4) is 11.1 Å². The molecule has 2 N–H and O–H groups in total. The van der Waals surface area contributed by atoms with E-state index in [-0.39, 0.29) is 5.56 Å². The molecule has 1 unspecified atom stereocenters. The number of aliphatic hydroxyl groups excluding tert-OH is 1. The van der Waals surface area contributed by atoms with Crippen LogP contribution in [0.5, 0.6) is 0 Å². The molecule has 49 heavy (non-hydrogen) atoms. The normalized spacial score (nSPS) is 16.0. The van der Waals surface area contributed by atoms with Crippen molar-refractivity contribution in [3.63, 3.8) is 0 Å². The number of hydrogen-bond acceptors (Lipinski definition) is 8. The van der Waals surface area contributed by atoms with Crippen LogP contribution in [0.25, 0.3) is 11.1 Å². The number of tetrazole rings is 1. The number of piperazine rings is 1. The molecule has 256 valence electrons. The van der Waals surface area contributed by atoms with Gasteiger partial charge in [0.05, 0.1) is 6.54 Å². The van der Waals surface area contributed by atoms with E-state index < -0.39 is 53.2 Å². The molecule has 9 nitrogen and oxygen atoms in total. The standard InChI is InChI=1S/C33H28F7N7O2/c34-24-6-11-27(28(35)17-24)31(49,19-47-20-42-43-44-47)32(36,37)29-12-5-23(18-41-29)21-1-7-25(8-2-21)45-13-15-46(16-14-45)26-9-3-22(4-10-26)30(48)33(38,39)40/h1-12,17-18,20,30,48-49H,13-16,19H2/t30?,31-/m0/s1. The minimum absolute atomic E-state index is 0.226. The predicted octanol–water partition coefficient (Wildman–Crippen LogP) is 5.62. The van der Waals surface area contributed by atoms with Gasteiger partial charge in [0.25, 0.3) is 0 Å². The highest BCUT2D eigenvalue weighted by Gasteiger charge is 2.58. The molecule has 6 rings (SSSR count). The SMILES string of the molecule is OC(c1ccc(N2CCN(c3ccc(-c4ccc(C(F)(F)[C@](O)(Cn5cnnn5)c5ccc(F)cc5F)nc4)cc3)CC2)cc1)C(F)(F)F. The van der Waals surface area contributed by atoms with Gasteiger partial charge in [-0.15, -0.1) is 5.10 Å². The Morgan fingerprint density at radius 2 is 1.35 bits per heavy atom. The topological polar surface area (TPSA) is 103 Å². The molecule has 0 saturated carbocycles. The van der Waals surface area contributed by atoms with Crippen molar-refractivity contribution in [1.82, 2.24) is 25.2 Å². The lowest BCUT2D eigenvalue weighted by Gasteiger charge is -2.37. The number of hydrogen-bond donors (Lipinski definition) is 2. The summed E-state index contributed by atoms with van der Waals surface area (Å²) in [5.41, 5.74) is -2.41. The molecule has 3 aromatic carbocycles. The lowest BCUT2D eigenvalue weighted by molar-refractivity contribution is -0.207. The molecule has 5 aromatic rings. The van der Waals surface area contributed by atoms with Gasteiger partial charge in [-0.25, -0.2) is 13.5 Å². The molecule has 2 atom stereocenters. The van der Waals surface area contributed by atoms with Gasteiger partial charge in [-0.2, -0.15) is 22.0 Å². The van der Waals surface area contributed by atoms with Crippen LogP contribution in [0.2, 0.25) is 0 Å². The Bertz CT molecular complexity index is 1870. The first-order valence-electron chi connectivity index (χ1n) is 14.9. The van der Waals surface area contributed by atoms with E-state index in [1.807, 2.05) is 17.0 Å². The summed E-state index contributed by atoms with van der Waals surface area (Å²) in [7, 11) is 0. The average Bonchev–Trinajstić information content (AvgIpc) is 3.60. The van der Waals surface area contributed by atoms with Crippen LogP contribution in [0.4, 0.5) is 42.1 Å². The monoisotopic (exact) mass is 687 g/mol. The summed E-state index contributed by atoms with van der Waals surface area (Å²) in [5.74, 6) is -6.58. The summed E-state index contributed by atoms with van der Waals surface area (Å²) in [6.45, 7) is 1.49. The number of rotatable bonds is 9.